The first kappa shape index (κ1) is 20.9. The van der Waals surface area contributed by atoms with Crippen molar-refractivity contribution in [2.24, 2.45) is 0 Å². The van der Waals surface area contributed by atoms with E-state index >= 15 is 0 Å². The van der Waals surface area contributed by atoms with Gasteiger partial charge in [-0.05, 0) is 82.3 Å². The molecule has 0 aliphatic heterocycles. The number of hydrogen-bond donors (Lipinski definition) is 2. The summed E-state index contributed by atoms with van der Waals surface area (Å²) in [6, 6.07) is 11.5. The van der Waals surface area contributed by atoms with Gasteiger partial charge >= 0.3 is 0 Å². The highest BCUT2D eigenvalue weighted by atomic mass is 16.1. The van der Waals surface area contributed by atoms with Crippen LogP contribution in [0.2, 0.25) is 0 Å². The Kier molecular flexibility index (Phi) is 7.68. The quantitative estimate of drug-likeness (QED) is 0.555. The summed E-state index contributed by atoms with van der Waals surface area (Å²) in [6.45, 7) is 7.05. The zero-order valence-electron chi connectivity index (χ0n) is 17.6. The summed E-state index contributed by atoms with van der Waals surface area (Å²) in [4.78, 5) is 19.3. The van der Waals surface area contributed by atoms with Crippen LogP contribution in [0, 0.1) is 0 Å². The smallest absolute Gasteiger partial charge is 0.255 e. The van der Waals surface area contributed by atoms with Gasteiger partial charge in [-0.1, -0.05) is 11.6 Å². The lowest BCUT2D eigenvalue weighted by molar-refractivity contribution is 0.102. The fourth-order valence-electron chi connectivity index (χ4n) is 3.70. The normalized spacial score (nSPS) is 13.5. The fourth-order valence-corrected chi connectivity index (χ4v) is 3.70. The summed E-state index contributed by atoms with van der Waals surface area (Å²) in [7, 11) is 0. The summed E-state index contributed by atoms with van der Waals surface area (Å²) < 4.78 is 0. The molecule has 0 bridgehead atoms. The fraction of sp³-hybridized carbons (Fsp3) is 0.417. The number of hydrogen-bond acceptors (Lipinski definition) is 4. The van der Waals surface area contributed by atoms with E-state index in [1.165, 1.54) is 31.3 Å². The second-order valence-corrected chi connectivity index (χ2v) is 7.39. The van der Waals surface area contributed by atoms with Gasteiger partial charge in [0.05, 0.1) is 0 Å². The number of rotatable bonds is 9. The Balaban J connectivity index is 1.55. The van der Waals surface area contributed by atoms with Gasteiger partial charge in [0.15, 0.2) is 0 Å². The van der Waals surface area contributed by atoms with Gasteiger partial charge < -0.3 is 15.5 Å². The van der Waals surface area contributed by atoms with Gasteiger partial charge in [-0.3, -0.25) is 4.79 Å². The van der Waals surface area contributed by atoms with Crippen LogP contribution in [0.4, 0.5) is 17.2 Å². The zero-order chi connectivity index (χ0) is 20.5. The zero-order valence-corrected chi connectivity index (χ0v) is 17.6. The molecule has 0 atom stereocenters. The third kappa shape index (κ3) is 6.08. The number of allylic oxidation sites excluding steroid dienone is 1. The lowest BCUT2D eigenvalue weighted by Crippen LogP contribution is -2.21. The molecular formula is C24H32N4O. The van der Waals surface area contributed by atoms with Gasteiger partial charge in [0.1, 0.15) is 5.82 Å². The van der Waals surface area contributed by atoms with Crippen molar-refractivity contribution >= 4 is 23.1 Å². The van der Waals surface area contributed by atoms with Gasteiger partial charge in [0.2, 0.25) is 0 Å². The lowest BCUT2D eigenvalue weighted by atomic mass is 9.97. The van der Waals surface area contributed by atoms with Gasteiger partial charge in [-0.2, -0.15) is 0 Å². The first-order valence-electron chi connectivity index (χ1n) is 10.7. The molecule has 0 fully saturated rings. The van der Waals surface area contributed by atoms with Crippen molar-refractivity contribution in [3.8, 4) is 0 Å². The number of nitrogens with zero attached hydrogens (tertiary/aromatic N) is 2. The standard InChI is InChI=1S/C24H32N4O/c1-3-28(4-2)22-12-10-21(11-13-22)27-24(29)20-15-17-26-23(18-20)25-16-14-19-8-6-5-7-9-19/h8,10-13,15,17-18H,3-7,9,14,16H2,1-2H3,(H,25,26)(H,27,29). The molecule has 2 aromatic rings. The van der Waals surface area contributed by atoms with Crippen molar-refractivity contribution < 1.29 is 4.79 Å². The molecule has 0 saturated heterocycles. The topological polar surface area (TPSA) is 57.3 Å². The number of carbonyl (C=O) groups is 1. The number of pyridine rings is 1. The Morgan fingerprint density at radius 3 is 2.59 bits per heavy atom. The van der Waals surface area contributed by atoms with E-state index in [9.17, 15) is 4.79 Å². The highest BCUT2D eigenvalue weighted by Gasteiger charge is 2.09. The van der Waals surface area contributed by atoms with E-state index < -0.39 is 0 Å². The predicted octanol–water partition coefficient (Wildman–Crippen LogP) is 5.48. The predicted molar refractivity (Wildman–Crippen MR) is 122 cm³/mol. The van der Waals surface area contributed by atoms with Crippen molar-refractivity contribution in [3.05, 3.63) is 59.8 Å². The van der Waals surface area contributed by atoms with Crippen LogP contribution in [0.1, 0.15) is 56.3 Å². The van der Waals surface area contributed by atoms with Gasteiger partial charge in [0, 0.05) is 42.8 Å². The summed E-state index contributed by atoms with van der Waals surface area (Å²) in [5, 5.41) is 6.32. The van der Waals surface area contributed by atoms with Crippen LogP contribution in [0.15, 0.2) is 54.2 Å². The average molecular weight is 393 g/mol. The molecule has 1 aliphatic carbocycles. The number of amides is 1. The van der Waals surface area contributed by atoms with E-state index in [1.54, 1.807) is 12.3 Å². The molecular weight excluding hydrogens is 360 g/mol. The SMILES string of the molecule is CCN(CC)c1ccc(NC(=O)c2ccnc(NCCC3=CCCCC3)c2)cc1. The maximum absolute atomic E-state index is 12.6. The van der Waals surface area contributed by atoms with E-state index in [0.717, 1.165) is 43.2 Å². The molecule has 29 heavy (non-hydrogen) atoms. The molecule has 1 aromatic heterocycles. The summed E-state index contributed by atoms with van der Waals surface area (Å²) in [6.07, 6.45) is 10.1. The molecule has 3 rings (SSSR count). The minimum absolute atomic E-state index is 0.124. The Hall–Kier alpha value is -2.82. The third-order valence-electron chi connectivity index (χ3n) is 5.41. The molecule has 0 radical (unpaired) electrons. The van der Waals surface area contributed by atoms with Crippen LogP contribution in [0.5, 0.6) is 0 Å². The minimum atomic E-state index is -0.124. The molecule has 1 amide bonds. The highest BCUT2D eigenvalue weighted by molar-refractivity contribution is 6.04. The van der Waals surface area contributed by atoms with Gasteiger partial charge in [-0.25, -0.2) is 4.98 Å². The van der Waals surface area contributed by atoms with Crippen LogP contribution >= 0.6 is 0 Å². The summed E-state index contributed by atoms with van der Waals surface area (Å²) in [5.74, 6) is 0.618. The Morgan fingerprint density at radius 2 is 1.90 bits per heavy atom. The molecule has 5 heteroatoms. The van der Waals surface area contributed by atoms with Gasteiger partial charge in [0.25, 0.3) is 5.91 Å². The number of nitrogens with one attached hydrogen (secondary N) is 2. The van der Waals surface area contributed by atoms with E-state index in [-0.39, 0.29) is 5.91 Å². The van der Waals surface area contributed by atoms with Crippen molar-refractivity contribution in [2.75, 3.05) is 35.2 Å². The molecule has 5 nitrogen and oxygen atoms in total. The maximum Gasteiger partial charge on any atom is 0.255 e. The molecule has 2 N–H and O–H groups in total. The second-order valence-electron chi connectivity index (χ2n) is 7.39. The van der Waals surface area contributed by atoms with E-state index in [4.69, 9.17) is 0 Å². The van der Waals surface area contributed by atoms with Crippen LogP contribution < -0.4 is 15.5 Å². The second kappa shape index (κ2) is 10.6. The largest absolute Gasteiger partial charge is 0.372 e. The van der Waals surface area contributed by atoms with Crippen LogP contribution in [0.3, 0.4) is 0 Å². The average Bonchev–Trinajstić information content (AvgIpc) is 2.77. The van der Waals surface area contributed by atoms with Crippen molar-refractivity contribution in [1.82, 2.24) is 4.98 Å². The van der Waals surface area contributed by atoms with E-state index in [0.29, 0.717) is 5.56 Å². The van der Waals surface area contributed by atoms with Crippen LogP contribution in [0.25, 0.3) is 0 Å². The van der Waals surface area contributed by atoms with E-state index in [2.05, 4.69) is 40.4 Å². The van der Waals surface area contributed by atoms with Crippen molar-refractivity contribution in [2.45, 2.75) is 46.0 Å². The number of benzene rings is 1. The first-order valence-corrected chi connectivity index (χ1v) is 10.7. The van der Waals surface area contributed by atoms with Crippen LogP contribution in [-0.2, 0) is 0 Å². The van der Waals surface area contributed by atoms with E-state index in [1.807, 2.05) is 30.3 Å². The van der Waals surface area contributed by atoms with Crippen LogP contribution in [-0.4, -0.2) is 30.5 Å². The molecule has 1 aliphatic rings. The summed E-state index contributed by atoms with van der Waals surface area (Å²) >= 11 is 0. The minimum Gasteiger partial charge on any atom is -0.372 e. The molecule has 0 unspecified atom stereocenters. The first-order chi connectivity index (χ1) is 14.2. The molecule has 1 heterocycles. The monoisotopic (exact) mass is 392 g/mol. The van der Waals surface area contributed by atoms with Gasteiger partial charge in [-0.15, -0.1) is 0 Å². The van der Waals surface area contributed by atoms with Crippen molar-refractivity contribution in [3.63, 3.8) is 0 Å². The third-order valence-corrected chi connectivity index (χ3v) is 5.41. The lowest BCUT2D eigenvalue weighted by Gasteiger charge is -2.21. The number of aromatic nitrogens is 1. The molecule has 154 valence electrons. The Morgan fingerprint density at radius 1 is 1.10 bits per heavy atom. The molecule has 0 spiro atoms. The number of carbonyl (C=O) groups excluding carboxylic acids is 1. The molecule has 1 aromatic carbocycles. The maximum atomic E-state index is 12.6. The summed E-state index contributed by atoms with van der Waals surface area (Å²) in [5.41, 5.74) is 4.09. The molecule has 0 saturated carbocycles. The Bertz CT molecular complexity index is 825. The van der Waals surface area contributed by atoms with Crippen molar-refractivity contribution in [1.29, 1.82) is 0 Å². The number of anilines is 3. The Labute approximate surface area is 174 Å². The highest BCUT2D eigenvalue weighted by Crippen LogP contribution is 2.21.